The first kappa shape index (κ1) is 14.3. The highest BCUT2D eigenvalue weighted by Gasteiger charge is 2.22. The fourth-order valence-electron chi connectivity index (χ4n) is 3.20. The minimum atomic E-state index is 0.586. The molecule has 1 saturated carbocycles. The Balaban J connectivity index is 1.83. The van der Waals surface area contributed by atoms with Crippen LogP contribution in [-0.2, 0) is 6.54 Å². The van der Waals surface area contributed by atoms with E-state index in [0.717, 1.165) is 23.9 Å². The summed E-state index contributed by atoms with van der Waals surface area (Å²) in [6.45, 7) is 3.18. The largest absolute Gasteiger partial charge is 0.399 e. The Labute approximate surface area is 129 Å². The van der Waals surface area contributed by atoms with Gasteiger partial charge in [0.15, 0.2) is 5.82 Å². The summed E-state index contributed by atoms with van der Waals surface area (Å²) in [5, 5.41) is 12.7. The van der Waals surface area contributed by atoms with Crippen LogP contribution in [0.1, 0.15) is 32.6 Å². The molecular formula is C15H20ClN5. The molecule has 1 aliphatic rings. The predicted molar refractivity (Wildman–Crippen MR) is 83.8 cm³/mol. The molecule has 2 unspecified atom stereocenters. The molecule has 2 atom stereocenters. The van der Waals surface area contributed by atoms with Crippen LogP contribution in [0, 0.1) is 11.8 Å². The first-order chi connectivity index (χ1) is 10.1. The van der Waals surface area contributed by atoms with Gasteiger partial charge in [0, 0.05) is 17.8 Å². The molecule has 0 spiro atoms. The van der Waals surface area contributed by atoms with Crippen molar-refractivity contribution in [1.82, 2.24) is 20.2 Å². The Bertz CT molecular complexity index is 624. The summed E-state index contributed by atoms with van der Waals surface area (Å²) in [6.07, 6.45) is 5.13. The molecule has 5 nitrogen and oxygen atoms in total. The van der Waals surface area contributed by atoms with Crippen molar-refractivity contribution in [3.05, 3.63) is 23.2 Å². The summed E-state index contributed by atoms with van der Waals surface area (Å²) < 4.78 is 1.88. The molecule has 1 aromatic heterocycles. The molecule has 6 heteroatoms. The lowest BCUT2D eigenvalue weighted by atomic mass is 9.82. The topological polar surface area (TPSA) is 69.6 Å². The molecule has 0 aliphatic heterocycles. The number of nitrogen functional groups attached to an aromatic ring is 1. The van der Waals surface area contributed by atoms with E-state index in [-0.39, 0.29) is 0 Å². The second-order valence-electron chi connectivity index (χ2n) is 6.06. The van der Waals surface area contributed by atoms with E-state index in [4.69, 9.17) is 17.3 Å². The first-order valence-corrected chi connectivity index (χ1v) is 7.83. The molecule has 0 radical (unpaired) electrons. The van der Waals surface area contributed by atoms with E-state index in [2.05, 4.69) is 22.4 Å². The summed E-state index contributed by atoms with van der Waals surface area (Å²) in [5.74, 6) is 2.16. The maximum absolute atomic E-state index is 6.27. The average molecular weight is 306 g/mol. The van der Waals surface area contributed by atoms with Crippen molar-refractivity contribution < 1.29 is 0 Å². The van der Waals surface area contributed by atoms with Crippen molar-refractivity contribution in [2.45, 2.75) is 39.2 Å². The number of halogens is 1. The Morgan fingerprint density at radius 1 is 1.38 bits per heavy atom. The van der Waals surface area contributed by atoms with Gasteiger partial charge in [0.1, 0.15) is 0 Å². The Hall–Kier alpha value is -1.62. The van der Waals surface area contributed by atoms with Crippen LogP contribution < -0.4 is 5.73 Å². The SMILES string of the molecule is CC1CCCC(Cn2nnnc2-c2ccc(N)cc2Cl)C1. The van der Waals surface area contributed by atoms with Crippen molar-refractivity contribution in [2.24, 2.45) is 11.8 Å². The predicted octanol–water partition coefficient (Wildman–Crippen LogP) is 3.40. The van der Waals surface area contributed by atoms with Gasteiger partial charge < -0.3 is 5.73 Å². The lowest BCUT2D eigenvalue weighted by Crippen LogP contribution is -2.19. The van der Waals surface area contributed by atoms with Crippen molar-refractivity contribution in [1.29, 1.82) is 0 Å². The maximum atomic E-state index is 6.27. The number of hydrogen-bond acceptors (Lipinski definition) is 4. The number of tetrazole rings is 1. The normalized spacial score (nSPS) is 22.4. The molecule has 2 aromatic rings. The van der Waals surface area contributed by atoms with Gasteiger partial charge in [0.05, 0.1) is 5.02 Å². The summed E-state index contributed by atoms with van der Waals surface area (Å²) in [5.41, 5.74) is 7.22. The molecule has 0 saturated heterocycles. The molecule has 1 fully saturated rings. The Kier molecular flexibility index (Phi) is 4.10. The van der Waals surface area contributed by atoms with Crippen LogP contribution in [0.2, 0.25) is 5.02 Å². The highest BCUT2D eigenvalue weighted by atomic mass is 35.5. The van der Waals surface area contributed by atoms with Gasteiger partial charge in [0.25, 0.3) is 0 Å². The lowest BCUT2D eigenvalue weighted by Gasteiger charge is -2.26. The molecule has 3 rings (SSSR count). The van der Waals surface area contributed by atoms with E-state index in [1.165, 1.54) is 25.7 Å². The molecule has 1 heterocycles. The zero-order valence-corrected chi connectivity index (χ0v) is 12.9. The number of anilines is 1. The van der Waals surface area contributed by atoms with Gasteiger partial charge in [-0.3, -0.25) is 0 Å². The number of benzene rings is 1. The molecule has 1 aliphatic carbocycles. The number of rotatable bonds is 3. The summed E-state index contributed by atoms with van der Waals surface area (Å²) in [6, 6.07) is 5.44. The zero-order valence-electron chi connectivity index (χ0n) is 12.2. The van der Waals surface area contributed by atoms with Crippen LogP contribution in [0.15, 0.2) is 18.2 Å². The van der Waals surface area contributed by atoms with Gasteiger partial charge in [-0.1, -0.05) is 31.4 Å². The van der Waals surface area contributed by atoms with Gasteiger partial charge in [-0.2, -0.15) is 0 Å². The standard InChI is InChI=1S/C15H20ClN5/c1-10-3-2-4-11(7-10)9-21-15(18-19-20-21)13-6-5-12(17)8-14(13)16/h5-6,8,10-11H,2-4,7,9,17H2,1H3. The third-order valence-corrected chi connectivity index (χ3v) is 4.55. The summed E-state index contributed by atoms with van der Waals surface area (Å²) in [7, 11) is 0. The minimum absolute atomic E-state index is 0.586. The smallest absolute Gasteiger partial charge is 0.183 e. The Morgan fingerprint density at radius 3 is 3.00 bits per heavy atom. The number of aromatic nitrogens is 4. The van der Waals surface area contributed by atoms with Crippen LogP contribution in [0.25, 0.3) is 11.4 Å². The fourth-order valence-corrected chi connectivity index (χ4v) is 3.48. The molecular weight excluding hydrogens is 286 g/mol. The lowest BCUT2D eigenvalue weighted by molar-refractivity contribution is 0.249. The summed E-state index contributed by atoms with van der Waals surface area (Å²) >= 11 is 6.27. The molecule has 112 valence electrons. The van der Waals surface area contributed by atoms with Crippen LogP contribution >= 0.6 is 11.6 Å². The minimum Gasteiger partial charge on any atom is -0.399 e. The number of nitrogens with two attached hydrogens (primary N) is 1. The van der Waals surface area contributed by atoms with E-state index in [1.54, 1.807) is 6.07 Å². The van der Waals surface area contributed by atoms with E-state index in [9.17, 15) is 0 Å². The van der Waals surface area contributed by atoms with Gasteiger partial charge in [-0.05, 0) is 53.3 Å². The Morgan fingerprint density at radius 2 is 2.24 bits per heavy atom. The van der Waals surface area contributed by atoms with Gasteiger partial charge in [-0.15, -0.1) is 5.10 Å². The second kappa shape index (κ2) is 6.02. The van der Waals surface area contributed by atoms with Crippen molar-refractivity contribution >= 4 is 17.3 Å². The molecule has 0 bridgehead atoms. The van der Waals surface area contributed by atoms with E-state index in [0.29, 0.717) is 16.6 Å². The molecule has 2 N–H and O–H groups in total. The highest BCUT2D eigenvalue weighted by Crippen LogP contribution is 2.32. The van der Waals surface area contributed by atoms with Crippen molar-refractivity contribution in [3.8, 4) is 11.4 Å². The number of hydrogen-bond donors (Lipinski definition) is 1. The van der Waals surface area contributed by atoms with E-state index < -0.39 is 0 Å². The van der Waals surface area contributed by atoms with Crippen molar-refractivity contribution in [3.63, 3.8) is 0 Å². The van der Waals surface area contributed by atoms with Gasteiger partial charge >= 0.3 is 0 Å². The van der Waals surface area contributed by atoms with Crippen LogP contribution in [0.4, 0.5) is 5.69 Å². The van der Waals surface area contributed by atoms with Crippen LogP contribution in [-0.4, -0.2) is 20.2 Å². The second-order valence-corrected chi connectivity index (χ2v) is 6.47. The fraction of sp³-hybridized carbons (Fsp3) is 0.533. The third kappa shape index (κ3) is 3.18. The maximum Gasteiger partial charge on any atom is 0.183 e. The van der Waals surface area contributed by atoms with Crippen molar-refractivity contribution in [2.75, 3.05) is 5.73 Å². The highest BCUT2D eigenvalue weighted by molar-refractivity contribution is 6.33. The molecule has 21 heavy (non-hydrogen) atoms. The van der Waals surface area contributed by atoms with E-state index >= 15 is 0 Å². The van der Waals surface area contributed by atoms with Gasteiger partial charge in [0.2, 0.25) is 0 Å². The summed E-state index contributed by atoms with van der Waals surface area (Å²) in [4.78, 5) is 0. The average Bonchev–Trinajstić information content (AvgIpc) is 2.87. The monoisotopic (exact) mass is 305 g/mol. The number of nitrogens with zero attached hydrogens (tertiary/aromatic N) is 4. The molecule has 1 aromatic carbocycles. The zero-order chi connectivity index (χ0) is 14.8. The van der Waals surface area contributed by atoms with Crippen LogP contribution in [0.3, 0.4) is 0 Å². The van der Waals surface area contributed by atoms with Crippen LogP contribution in [0.5, 0.6) is 0 Å². The van der Waals surface area contributed by atoms with Gasteiger partial charge in [-0.25, -0.2) is 4.68 Å². The quantitative estimate of drug-likeness (QED) is 0.882. The third-order valence-electron chi connectivity index (χ3n) is 4.24. The molecule has 0 amide bonds. The first-order valence-electron chi connectivity index (χ1n) is 7.45. The van der Waals surface area contributed by atoms with E-state index in [1.807, 2.05) is 16.8 Å².